The maximum absolute atomic E-state index is 13.0. The van der Waals surface area contributed by atoms with Crippen molar-refractivity contribution in [3.05, 3.63) is 48.6 Å². The summed E-state index contributed by atoms with van der Waals surface area (Å²) in [5, 5.41) is 14.0. The summed E-state index contributed by atoms with van der Waals surface area (Å²) in [6.45, 7) is 4.84. The van der Waals surface area contributed by atoms with Crippen molar-refractivity contribution in [1.82, 2.24) is 5.32 Å². The first kappa shape index (κ1) is 79.5. The van der Waals surface area contributed by atoms with Gasteiger partial charge in [0.25, 0.3) is 0 Å². The minimum absolute atomic E-state index is 0.0542. The number of amides is 1. The number of quaternary nitrogens is 1. The molecule has 0 aromatic heterocycles. The first-order valence-electron chi connectivity index (χ1n) is 35.5. The fourth-order valence-electron chi connectivity index (χ4n) is 10.7. The summed E-state index contributed by atoms with van der Waals surface area (Å²) in [5.41, 5.74) is 0. The lowest BCUT2D eigenvalue weighted by atomic mass is 10.0. The fraction of sp³-hybridized carbons (Fsp3) is 0.875. The molecule has 0 bridgehead atoms. The van der Waals surface area contributed by atoms with Crippen molar-refractivity contribution in [2.75, 3.05) is 40.9 Å². The van der Waals surface area contributed by atoms with Gasteiger partial charge in [-0.2, -0.15) is 0 Å². The Morgan fingerprint density at radius 1 is 0.407 bits per heavy atom. The number of hydrogen-bond acceptors (Lipinski definition) is 5. The van der Waals surface area contributed by atoms with Crippen molar-refractivity contribution in [3.63, 3.8) is 0 Å². The van der Waals surface area contributed by atoms with Crippen LogP contribution in [0.15, 0.2) is 48.6 Å². The number of unbranched alkanes of at least 4 members (excludes halogenated alkanes) is 47. The van der Waals surface area contributed by atoms with Gasteiger partial charge in [-0.25, -0.2) is 4.57 Å². The Kier molecular flexibility index (Phi) is 61.8. The standard InChI is InChI=1S/C72H139N2O6P/c1-6-8-10-12-14-16-18-20-22-24-26-28-30-32-34-36-38-39-41-43-45-47-49-51-53-55-57-59-61-63-65-71(75)70(69-80-81(77,78)79-68-67-74(3,4)5)73-72(76)66-64-62-60-58-56-54-52-50-48-46-44-42-40-37-35-33-31-29-27-25-23-21-19-17-15-13-11-9-7-2/h25,27,47,49,55,57,63,65,70-71,75H,6-24,26,28-46,48,50-54,56,58-62,64,66-69H2,1-5H3,(H-,73,76,77,78)/p+1/b27-25-,49-47+,57-55+,65-63+. The molecule has 0 aliphatic carbocycles. The topological polar surface area (TPSA) is 105 Å². The number of phosphoric ester groups is 1. The third-order valence-electron chi connectivity index (χ3n) is 16.2. The lowest BCUT2D eigenvalue weighted by molar-refractivity contribution is -0.870. The molecule has 1 amide bonds. The van der Waals surface area contributed by atoms with Crippen molar-refractivity contribution >= 4 is 13.7 Å². The lowest BCUT2D eigenvalue weighted by Crippen LogP contribution is -2.45. The Balaban J connectivity index is 4.11. The fourth-order valence-corrected chi connectivity index (χ4v) is 11.5. The van der Waals surface area contributed by atoms with Gasteiger partial charge in [-0.15, -0.1) is 0 Å². The molecule has 81 heavy (non-hydrogen) atoms. The van der Waals surface area contributed by atoms with Crippen LogP contribution in [0.2, 0.25) is 0 Å². The number of carbonyl (C=O) groups is 1. The minimum atomic E-state index is -4.37. The molecule has 0 saturated heterocycles. The molecular weight excluding hydrogens is 1020 g/mol. The number of nitrogens with zero attached hydrogens (tertiary/aromatic N) is 1. The Morgan fingerprint density at radius 3 is 0.988 bits per heavy atom. The second-order valence-corrected chi connectivity index (χ2v) is 27.0. The summed E-state index contributed by atoms with van der Waals surface area (Å²) in [6.07, 6.45) is 85.6. The minimum Gasteiger partial charge on any atom is -0.387 e. The molecular formula is C72H140N2O6P+. The molecule has 0 radical (unpaired) electrons. The second kappa shape index (κ2) is 63.0. The van der Waals surface area contributed by atoms with Gasteiger partial charge in [0.05, 0.1) is 39.9 Å². The summed E-state index contributed by atoms with van der Waals surface area (Å²) in [5.74, 6) is -0.185. The maximum Gasteiger partial charge on any atom is 0.472 e. The van der Waals surface area contributed by atoms with Crippen molar-refractivity contribution in [3.8, 4) is 0 Å². The maximum atomic E-state index is 13.0. The molecule has 0 fully saturated rings. The molecule has 0 heterocycles. The lowest BCUT2D eigenvalue weighted by Gasteiger charge is -2.25. The number of carbonyl (C=O) groups excluding carboxylic acids is 1. The number of allylic oxidation sites excluding steroid dienone is 7. The smallest absolute Gasteiger partial charge is 0.387 e. The first-order valence-corrected chi connectivity index (χ1v) is 37.0. The summed E-state index contributed by atoms with van der Waals surface area (Å²) in [6, 6.07) is -0.871. The SMILES string of the molecule is CCCCCCCCCC/C=C\CCCCCCCCCCCCCCCCCCCC(=O)NC(COP(=O)(O)OCC[N+](C)(C)C)C(O)/C=C/CC/C=C/CC/C=C/CCCCCCCCCCCCCCCCCCCCCC. The molecule has 8 nitrogen and oxygen atoms in total. The van der Waals surface area contributed by atoms with E-state index in [9.17, 15) is 19.4 Å². The average molecular weight is 1160 g/mol. The Hall–Kier alpha value is -1.54. The molecule has 0 aliphatic rings. The van der Waals surface area contributed by atoms with E-state index in [0.29, 0.717) is 17.4 Å². The normalized spacial score (nSPS) is 13.9. The van der Waals surface area contributed by atoms with Crippen LogP contribution >= 0.6 is 7.82 Å². The predicted octanol–water partition coefficient (Wildman–Crippen LogP) is 22.6. The highest BCUT2D eigenvalue weighted by molar-refractivity contribution is 7.47. The van der Waals surface area contributed by atoms with Gasteiger partial charge in [0, 0.05) is 6.42 Å². The number of aliphatic hydroxyl groups excluding tert-OH is 1. The zero-order valence-electron chi connectivity index (χ0n) is 54.8. The second-order valence-electron chi connectivity index (χ2n) is 25.6. The molecule has 0 rings (SSSR count). The first-order chi connectivity index (χ1) is 39.5. The van der Waals surface area contributed by atoms with Crippen LogP contribution in [0.4, 0.5) is 0 Å². The van der Waals surface area contributed by atoms with Crippen LogP contribution < -0.4 is 5.32 Å². The number of rotatable bonds is 66. The third kappa shape index (κ3) is 65.9. The molecule has 3 unspecified atom stereocenters. The summed E-state index contributed by atoms with van der Waals surface area (Å²) in [4.78, 5) is 23.4. The van der Waals surface area contributed by atoms with Gasteiger partial charge in [-0.1, -0.05) is 326 Å². The van der Waals surface area contributed by atoms with Gasteiger partial charge >= 0.3 is 7.82 Å². The zero-order valence-corrected chi connectivity index (χ0v) is 55.7. The van der Waals surface area contributed by atoms with Crippen molar-refractivity contribution in [1.29, 1.82) is 0 Å². The summed E-state index contributed by atoms with van der Waals surface area (Å²) < 4.78 is 23.8. The van der Waals surface area contributed by atoms with E-state index in [2.05, 4.69) is 55.6 Å². The van der Waals surface area contributed by atoms with Gasteiger partial charge in [0.2, 0.25) is 5.91 Å². The van der Waals surface area contributed by atoms with Crippen LogP contribution in [-0.2, 0) is 18.4 Å². The molecule has 0 aliphatic heterocycles. The highest BCUT2D eigenvalue weighted by atomic mass is 31.2. The molecule has 0 spiro atoms. The monoisotopic (exact) mass is 1160 g/mol. The van der Waals surface area contributed by atoms with E-state index in [4.69, 9.17) is 9.05 Å². The highest BCUT2D eigenvalue weighted by Crippen LogP contribution is 2.43. The van der Waals surface area contributed by atoms with Crippen LogP contribution in [0.1, 0.15) is 354 Å². The van der Waals surface area contributed by atoms with Crippen molar-refractivity contribution in [2.24, 2.45) is 0 Å². The Morgan fingerprint density at radius 2 is 0.679 bits per heavy atom. The van der Waals surface area contributed by atoms with Crippen LogP contribution in [0.25, 0.3) is 0 Å². The number of aliphatic hydroxyl groups is 1. The Bertz CT molecular complexity index is 1460. The quantitative estimate of drug-likeness (QED) is 0.0243. The van der Waals surface area contributed by atoms with Gasteiger partial charge < -0.3 is 19.8 Å². The van der Waals surface area contributed by atoms with Gasteiger partial charge in [0.15, 0.2) is 0 Å². The van der Waals surface area contributed by atoms with Crippen molar-refractivity contribution in [2.45, 2.75) is 366 Å². The van der Waals surface area contributed by atoms with Gasteiger partial charge in [0.1, 0.15) is 13.2 Å². The molecule has 0 aromatic carbocycles. The van der Waals surface area contributed by atoms with E-state index < -0.39 is 20.0 Å². The van der Waals surface area contributed by atoms with Crippen molar-refractivity contribution < 1.29 is 32.9 Å². The molecule has 9 heteroatoms. The van der Waals surface area contributed by atoms with Gasteiger partial charge in [-0.05, 0) is 70.6 Å². The van der Waals surface area contributed by atoms with E-state index >= 15 is 0 Å². The van der Waals surface area contributed by atoms with Gasteiger partial charge in [-0.3, -0.25) is 13.8 Å². The molecule has 3 N–H and O–H groups in total. The van der Waals surface area contributed by atoms with Crippen LogP contribution in [-0.4, -0.2) is 73.4 Å². The summed E-state index contributed by atoms with van der Waals surface area (Å²) in [7, 11) is 1.56. The molecule has 478 valence electrons. The van der Waals surface area contributed by atoms with E-state index in [1.807, 2.05) is 27.2 Å². The highest BCUT2D eigenvalue weighted by Gasteiger charge is 2.28. The van der Waals surface area contributed by atoms with E-state index in [-0.39, 0.29) is 19.1 Å². The predicted molar refractivity (Wildman–Crippen MR) is 355 cm³/mol. The van der Waals surface area contributed by atoms with Crippen LogP contribution in [0.3, 0.4) is 0 Å². The van der Waals surface area contributed by atoms with E-state index in [0.717, 1.165) is 44.9 Å². The number of likely N-dealkylation sites (N-methyl/N-ethyl adjacent to an activating group) is 1. The number of phosphoric acid groups is 1. The van der Waals surface area contributed by atoms with E-state index in [1.165, 1.54) is 289 Å². The van der Waals surface area contributed by atoms with Crippen LogP contribution in [0, 0.1) is 0 Å². The van der Waals surface area contributed by atoms with Crippen LogP contribution in [0.5, 0.6) is 0 Å². The third-order valence-corrected chi connectivity index (χ3v) is 17.2. The molecule has 3 atom stereocenters. The molecule has 0 aromatic rings. The zero-order chi connectivity index (χ0) is 59.1. The van der Waals surface area contributed by atoms with E-state index in [1.54, 1.807) is 6.08 Å². The number of nitrogens with one attached hydrogen (secondary N) is 1. The average Bonchev–Trinajstić information content (AvgIpc) is 3.43. The number of hydrogen-bond donors (Lipinski definition) is 3. The largest absolute Gasteiger partial charge is 0.472 e. The Labute approximate surface area is 505 Å². The summed E-state index contributed by atoms with van der Waals surface area (Å²) >= 11 is 0. The molecule has 0 saturated carbocycles.